The van der Waals surface area contributed by atoms with Gasteiger partial charge in [0, 0.05) is 36.3 Å². The van der Waals surface area contributed by atoms with Crippen LogP contribution in [0.5, 0.6) is 11.5 Å². The van der Waals surface area contributed by atoms with E-state index in [1.54, 1.807) is 11.1 Å². The summed E-state index contributed by atoms with van der Waals surface area (Å²) in [6.07, 6.45) is 3.34. The number of para-hydroxylation sites is 1. The number of ether oxygens (including phenoxy) is 1. The van der Waals surface area contributed by atoms with Crippen molar-refractivity contribution in [1.29, 1.82) is 0 Å². The van der Waals surface area contributed by atoms with Gasteiger partial charge in [0.05, 0.1) is 0 Å². The molecule has 0 unspecified atom stereocenters. The minimum atomic E-state index is -0.00473. The highest BCUT2D eigenvalue weighted by Gasteiger charge is 2.15. The second kappa shape index (κ2) is 9.30. The molecule has 0 saturated carbocycles. The molecule has 0 saturated heterocycles. The van der Waals surface area contributed by atoms with Gasteiger partial charge in [0.2, 0.25) is 5.91 Å². The fourth-order valence-electron chi connectivity index (χ4n) is 3.55. The normalized spacial score (nSPS) is 10.7. The van der Waals surface area contributed by atoms with Gasteiger partial charge >= 0.3 is 0 Å². The summed E-state index contributed by atoms with van der Waals surface area (Å²) in [6, 6.07) is 25.2. The molecule has 156 valence electrons. The number of hydrogen-bond donors (Lipinski definition) is 0. The van der Waals surface area contributed by atoms with Crippen molar-refractivity contribution in [2.24, 2.45) is 0 Å². The Hall–Kier alpha value is -3.86. The second-order valence-electron chi connectivity index (χ2n) is 7.48. The van der Waals surface area contributed by atoms with Crippen LogP contribution in [0.1, 0.15) is 15.9 Å². The molecule has 5 nitrogen and oxygen atoms in total. The largest absolute Gasteiger partial charge is 0.457 e. The molecule has 0 aliphatic rings. The summed E-state index contributed by atoms with van der Waals surface area (Å²) in [5.74, 6) is 1.37. The molecule has 0 bridgehead atoms. The van der Waals surface area contributed by atoms with E-state index in [4.69, 9.17) is 4.74 Å². The molecule has 1 aromatic heterocycles. The van der Waals surface area contributed by atoms with Gasteiger partial charge < -0.3 is 14.2 Å². The van der Waals surface area contributed by atoms with E-state index in [9.17, 15) is 9.59 Å². The number of fused-ring (bicyclic) bond motifs is 1. The van der Waals surface area contributed by atoms with Crippen LogP contribution in [0, 0.1) is 0 Å². The molecule has 0 N–H and O–H groups in total. The third-order valence-electron chi connectivity index (χ3n) is 5.30. The lowest BCUT2D eigenvalue weighted by Crippen LogP contribution is -2.31. The maximum Gasteiger partial charge on any atom is 0.242 e. The highest BCUT2D eigenvalue weighted by molar-refractivity contribution is 5.99. The monoisotopic (exact) mass is 412 g/mol. The number of aromatic nitrogens is 1. The van der Waals surface area contributed by atoms with Crippen LogP contribution in [0.4, 0.5) is 0 Å². The van der Waals surface area contributed by atoms with E-state index in [1.807, 2.05) is 78.3 Å². The first-order chi connectivity index (χ1) is 15.1. The Morgan fingerprint density at radius 3 is 2.39 bits per heavy atom. The molecule has 31 heavy (non-hydrogen) atoms. The molecule has 4 aromatic rings. The summed E-state index contributed by atoms with van der Waals surface area (Å²) in [6.45, 7) is 0.812. The number of likely N-dealkylation sites (N-methyl/N-ethyl adjacent to an activating group) is 1. The smallest absolute Gasteiger partial charge is 0.242 e. The fraction of sp³-hybridized carbons (Fsp3) is 0.154. The summed E-state index contributed by atoms with van der Waals surface area (Å²) in [5.41, 5.74) is 2.56. The van der Waals surface area contributed by atoms with Crippen LogP contribution in [-0.4, -0.2) is 35.3 Å². The van der Waals surface area contributed by atoms with E-state index in [-0.39, 0.29) is 12.5 Å². The molecule has 0 fully saturated rings. The Bertz CT molecular complexity index is 1180. The first-order valence-electron chi connectivity index (χ1n) is 10.2. The SMILES string of the molecule is CN(CCc1ccccc1)C(=O)Cn1cc(C=O)c2cc(Oc3ccccc3)ccc21. The molecule has 1 heterocycles. The summed E-state index contributed by atoms with van der Waals surface area (Å²) < 4.78 is 7.71. The van der Waals surface area contributed by atoms with Crippen LogP contribution in [0.25, 0.3) is 10.9 Å². The molecular weight excluding hydrogens is 388 g/mol. The molecule has 3 aromatic carbocycles. The third-order valence-corrected chi connectivity index (χ3v) is 5.30. The molecule has 0 aliphatic heterocycles. The molecule has 0 atom stereocenters. The standard InChI is InChI=1S/C26H24N2O3/c1-27(15-14-20-8-4-2-5-9-20)26(30)18-28-17-21(19-29)24-16-23(12-13-25(24)28)31-22-10-6-3-7-11-22/h2-13,16-17,19H,14-15,18H2,1H3. The summed E-state index contributed by atoms with van der Waals surface area (Å²) in [4.78, 5) is 26.1. The van der Waals surface area contributed by atoms with E-state index < -0.39 is 0 Å². The average Bonchev–Trinajstić information content (AvgIpc) is 3.15. The van der Waals surface area contributed by atoms with Gasteiger partial charge in [-0.05, 0) is 42.3 Å². The summed E-state index contributed by atoms with van der Waals surface area (Å²) in [7, 11) is 1.81. The zero-order valence-electron chi connectivity index (χ0n) is 17.4. The van der Waals surface area contributed by atoms with E-state index in [2.05, 4.69) is 12.1 Å². The maximum atomic E-state index is 12.8. The second-order valence-corrected chi connectivity index (χ2v) is 7.48. The van der Waals surface area contributed by atoms with Crippen molar-refractivity contribution in [2.75, 3.05) is 13.6 Å². The third kappa shape index (κ3) is 4.83. The van der Waals surface area contributed by atoms with Crippen LogP contribution in [0.3, 0.4) is 0 Å². The highest BCUT2D eigenvalue weighted by atomic mass is 16.5. The molecule has 0 radical (unpaired) electrons. The summed E-state index contributed by atoms with van der Waals surface area (Å²) >= 11 is 0. The van der Waals surface area contributed by atoms with E-state index in [0.29, 0.717) is 17.9 Å². The van der Waals surface area contributed by atoms with Gasteiger partial charge in [0.1, 0.15) is 18.0 Å². The van der Waals surface area contributed by atoms with E-state index in [0.717, 1.165) is 29.4 Å². The molecule has 0 aliphatic carbocycles. The lowest BCUT2D eigenvalue weighted by atomic mass is 10.1. The number of rotatable bonds is 8. The van der Waals surface area contributed by atoms with Crippen molar-refractivity contribution >= 4 is 23.1 Å². The predicted molar refractivity (Wildman–Crippen MR) is 122 cm³/mol. The number of benzene rings is 3. The molecule has 4 rings (SSSR count). The lowest BCUT2D eigenvalue weighted by Gasteiger charge is -2.18. The zero-order chi connectivity index (χ0) is 21.6. The number of amides is 1. The van der Waals surface area contributed by atoms with E-state index in [1.165, 1.54) is 5.56 Å². The van der Waals surface area contributed by atoms with Gasteiger partial charge in [-0.15, -0.1) is 0 Å². The van der Waals surface area contributed by atoms with Crippen molar-refractivity contribution in [1.82, 2.24) is 9.47 Å². The van der Waals surface area contributed by atoms with Crippen molar-refractivity contribution in [3.8, 4) is 11.5 Å². The van der Waals surface area contributed by atoms with Gasteiger partial charge in [-0.1, -0.05) is 48.5 Å². The molecule has 5 heteroatoms. The fourth-order valence-corrected chi connectivity index (χ4v) is 3.55. The Morgan fingerprint density at radius 2 is 1.68 bits per heavy atom. The van der Waals surface area contributed by atoms with Crippen LogP contribution in [0.2, 0.25) is 0 Å². The number of hydrogen-bond acceptors (Lipinski definition) is 3. The number of aldehydes is 1. The number of carbonyl (C=O) groups is 2. The quantitative estimate of drug-likeness (QED) is 0.385. The topological polar surface area (TPSA) is 51.5 Å². The van der Waals surface area contributed by atoms with E-state index >= 15 is 0 Å². The van der Waals surface area contributed by atoms with Crippen molar-refractivity contribution in [3.63, 3.8) is 0 Å². The highest BCUT2D eigenvalue weighted by Crippen LogP contribution is 2.28. The Kier molecular flexibility index (Phi) is 6.13. The van der Waals surface area contributed by atoms with Crippen molar-refractivity contribution in [3.05, 3.63) is 96.2 Å². The van der Waals surface area contributed by atoms with Crippen molar-refractivity contribution in [2.45, 2.75) is 13.0 Å². The predicted octanol–water partition coefficient (Wildman–Crippen LogP) is 4.95. The lowest BCUT2D eigenvalue weighted by molar-refractivity contribution is -0.130. The first-order valence-corrected chi connectivity index (χ1v) is 10.2. The minimum Gasteiger partial charge on any atom is -0.457 e. The minimum absolute atomic E-state index is 0.00473. The Morgan fingerprint density at radius 1 is 0.968 bits per heavy atom. The summed E-state index contributed by atoms with van der Waals surface area (Å²) in [5, 5.41) is 0.767. The van der Waals surface area contributed by atoms with Crippen LogP contribution in [-0.2, 0) is 17.8 Å². The zero-order valence-corrected chi connectivity index (χ0v) is 17.4. The number of nitrogens with zero attached hydrogens (tertiary/aromatic N) is 2. The van der Waals surface area contributed by atoms with Gasteiger partial charge in [-0.2, -0.15) is 0 Å². The van der Waals surface area contributed by atoms with Gasteiger partial charge in [-0.3, -0.25) is 9.59 Å². The molecular formula is C26H24N2O3. The number of carbonyl (C=O) groups excluding carboxylic acids is 2. The van der Waals surface area contributed by atoms with Crippen molar-refractivity contribution < 1.29 is 14.3 Å². The maximum absolute atomic E-state index is 12.8. The molecule has 0 spiro atoms. The Balaban J connectivity index is 1.49. The van der Waals surface area contributed by atoms with Crippen LogP contribution >= 0.6 is 0 Å². The van der Waals surface area contributed by atoms with Crippen LogP contribution in [0.15, 0.2) is 85.1 Å². The van der Waals surface area contributed by atoms with Gasteiger partial charge in [-0.25, -0.2) is 0 Å². The van der Waals surface area contributed by atoms with Gasteiger partial charge in [0.15, 0.2) is 6.29 Å². The van der Waals surface area contributed by atoms with Crippen LogP contribution < -0.4 is 4.74 Å². The average molecular weight is 412 g/mol. The Labute approximate surface area is 181 Å². The first kappa shape index (κ1) is 20.4. The van der Waals surface area contributed by atoms with Gasteiger partial charge in [0.25, 0.3) is 0 Å². The molecule has 1 amide bonds.